The molecule has 0 radical (unpaired) electrons. The molecule has 0 spiro atoms. The minimum absolute atomic E-state index is 0.0748. The van der Waals surface area contributed by atoms with Crippen LogP contribution in [0.3, 0.4) is 0 Å². The first-order valence-corrected chi connectivity index (χ1v) is 4.63. The van der Waals surface area contributed by atoms with Gasteiger partial charge < -0.3 is 4.74 Å². The number of hydrogen-bond acceptors (Lipinski definition) is 1. The highest BCUT2D eigenvalue weighted by Gasteiger charge is 2.32. The Morgan fingerprint density at radius 3 is 2.29 bits per heavy atom. The van der Waals surface area contributed by atoms with Crippen molar-refractivity contribution >= 4 is 27.5 Å². The van der Waals surface area contributed by atoms with Crippen molar-refractivity contribution in [1.82, 2.24) is 0 Å². The fourth-order valence-electron chi connectivity index (χ4n) is 0.919. The maximum atomic E-state index is 12.3. The molecule has 78 valence electrons. The van der Waals surface area contributed by atoms with Crippen LogP contribution >= 0.6 is 27.5 Å². The largest absolute Gasteiger partial charge is 0.494 e. The molecular formula is C8H5BrClF3O. The zero-order valence-electron chi connectivity index (χ0n) is 6.95. The van der Waals surface area contributed by atoms with E-state index in [1.54, 1.807) is 0 Å². The van der Waals surface area contributed by atoms with Gasteiger partial charge in [0.2, 0.25) is 0 Å². The molecule has 0 unspecified atom stereocenters. The van der Waals surface area contributed by atoms with E-state index in [1.165, 1.54) is 7.11 Å². The Morgan fingerprint density at radius 2 is 1.93 bits per heavy atom. The summed E-state index contributed by atoms with van der Waals surface area (Å²) in [5.74, 6) is 0.194. The van der Waals surface area contributed by atoms with Crippen molar-refractivity contribution in [3.8, 4) is 5.75 Å². The molecule has 0 aromatic heterocycles. The van der Waals surface area contributed by atoms with Crippen LogP contribution < -0.4 is 4.74 Å². The molecule has 14 heavy (non-hydrogen) atoms. The van der Waals surface area contributed by atoms with Gasteiger partial charge in [0.05, 0.1) is 22.2 Å². The summed E-state index contributed by atoms with van der Waals surface area (Å²) in [6.45, 7) is 0. The summed E-state index contributed by atoms with van der Waals surface area (Å²) in [5, 5.41) is -0.0748. The number of rotatable bonds is 1. The summed E-state index contributed by atoms with van der Waals surface area (Å²) in [7, 11) is 1.33. The molecule has 0 bridgehead atoms. The molecule has 0 aliphatic rings. The second-order valence-electron chi connectivity index (χ2n) is 2.47. The highest BCUT2D eigenvalue weighted by Crippen LogP contribution is 2.39. The van der Waals surface area contributed by atoms with Crippen LogP contribution in [0.15, 0.2) is 16.6 Å². The number of halogens is 5. The van der Waals surface area contributed by atoms with Crippen molar-refractivity contribution in [3.05, 3.63) is 27.2 Å². The van der Waals surface area contributed by atoms with Gasteiger partial charge in [0, 0.05) is 0 Å². The maximum absolute atomic E-state index is 12.3. The van der Waals surface area contributed by atoms with Gasteiger partial charge in [0.25, 0.3) is 0 Å². The molecule has 1 aromatic carbocycles. The van der Waals surface area contributed by atoms with Gasteiger partial charge in [-0.1, -0.05) is 11.6 Å². The topological polar surface area (TPSA) is 9.23 Å². The summed E-state index contributed by atoms with van der Waals surface area (Å²) in [6.07, 6.45) is -4.40. The molecular weight excluding hydrogens is 284 g/mol. The molecule has 0 amide bonds. The van der Waals surface area contributed by atoms with E-state index in [4.69, 9.17) is 16.3 Å². The molecule has 0 N–H and O–H groups in total. The number of benzene rings is 1. The van der Waals surface area contributed by atoms with Gasteiger partial charge in [-0.2, -0.15) is 13.2 Å². The molecule has 0 saturated heterocycles. The Hall–Kier alpha value is -0.420. The molecule has 0 aliphatic heterocycles. The van der Waals surface area contributed by atoms with Crippen LogP contribution in [0.4, 0.5) is 13.2 Å². The van der Waals surface area contributed by atoms with Crippen LogP contribution in [0.25, 0.3) is 0 Å². The predicted molar refractivity (Wildman–Crippen MR) is 50.7 cm³/mol. The number of ether oxygens (including phenoxy) is 1. The zero-order valence-corrected chi connectivity index (χ0v) is 9.29. The standard InChI is InChI=1S/C8H5BrClF3O/c1-14-7-5(9)2-4(3-6(7)10)8(11,12)13/h2-3H,1H3. The Kier molecular flexibility index (Phi) is 3.32. The highest BCUT2D eigenvalue weighted by atomic mass is 79.9. The van der Waals surface area contributed by atoms with E-state index in [-0.39, 0.29) is 15.2 Å². The molecule has 0 heterocycles. The fourth-order valence-corrected chi connectivity index (χ4v) is 1.95. The number of methoxy groups -OCH3 is 1. The molecule has 1 nitrogen and oxygen atoms in total. The molecule has 0 aliphatic carbocycles. The Labute approximate surface area is 91.9 Å². The molecule has 0 atom stereocenters. The second kappa shape index (κ2) is 3.98. The first-order valence-electron chi connectivity index (χ1n) is 3.46. The minimum Gasteiger partial charge on any atom is -0.494 e. The molecule has 1 rings (SSSR count). The van der Waals surface area contributed by atoms with Gasteiger partial charge in [0.1, 0.15) is 0 Å². The maximum Gasteiger partial charge on any atom is 0.416 e. The van der Waals surface area contributed by atoms with Crippen LogP contribution in [0.5, 0.6) is 5.75 Å². The van der Waals surface area contributed by atoms with Crippen molar-refractivity contribution in [2.75, 3.05) is 7.11 Å². The van der Waals surface area contributed by atoms with Gasteiger partial charge in [-0.3, -0.25) is 0 Å². The van der Waals surface area contributed by atoms with E-state index in [0.717, 1.165) is 12.1 Å². The summed E-state index contributed by atoms with van der Waals surface area (Å²) in [4.78, 5) is 0. The van der Waals surface area contributed by atoms with Crippen molar-refractivity contribution < 1.29 is 17.9 Å². The molecule has 0 fully saturated rings. The number of hydrogen-bond donors (Lipinski definition) is 0. The van der Waals surface area contributed by atoms with Gasteiger partial charge in [-0.15, -0.1) is 0 Å². The summed E-state index contributed by atoms with van der Waals surface area (Å²) in [5.41, 5.74) is -0.810. The van der Waals surface area contributed by atoms with E-state index in [2.05, 4.69) is 15.9 Å². The molecule has 6 heteroatoms. The van der Waals surface area contributed by atoms with E-state index in [9.17, 15) is 13.2 Å². The zero-order chi connectivity index (χ0) is 10.9. The van der Waals surface area contributed by atoms with Crippen molar-refractivity contribution in [2.45, 2.75) is 6.18 Å². The summed E-state index contributed by atoms with van der Waals surface area (Å²) < 4.78 is 41.8. The van der Waals surface area contributed by atoms with Gasteiger partial charge >= 0.3 is 6.18 Å². The third-order valence-corrected chi connectivity index (χ3v) is 2.40. The van der Waals surface area contributed by atoms with Crippen LogP contribution in [0.2, 0.25) is 5.02 Å². The Morgan fingerprint density at radius 1 is 1.36 bits per heavy atom. The van der Waals surface area contributed by atoms with Crippen molar-refractivity contribution in [1.29, 1.82) is 0 Å². The van der Waals surface area contributed by atoms with Crippen LogP contribution in [0, 0.1) is 0 Å². The fraction of sp³-hybridized carbons (Fsp3) is 0.250. The third kappa shape index (κ3) is 2.33. The summed E-state index contributed by atoms with van der Waals surface area (Å²) >= 11 is 8.53. The smallest absolute Gasteiger partial charge is 0.416 e. The summed E-state index contributed by atoms with van der Waals surface area (Å²) in [6, 6.07) is 1.75. The van der Waals surface area contributed by atoms with E-state index in [0.29, 0.717) is 0 Å². The highest BCUT2D eigenvalue weighted by molar-refractivity contribution is 9.10. The van der Waals surface area contributed by atoms with Crippen LogP contribution in [-0.4, -0.2) is 7.11 Å². The monoisotopic (exact) mass is 288 g/mol. The lowest BCUT2D eigenvalue weighted by Crippen LogP contribution is -2.05. The van der Waals surface area contributed by atoms with Crippen molar-refractivity contribution in [2.24, 2.45) is 0 Å². The number of alkyl halides is 3. The lowest BCUT2D eigenvalue weighted by molar-refractivity contribution is -0.137. The Balaban J connectivity index is 3.28. The normalized spacial score (nSPS) is 11.6. The van der Waals surface area contributed by atoms with Gasteiger partial charge in [0.15, 0.2) is 5.75 Å². The average molecular weight is 289 g/mol. The first kappa shape index (κ1) is 11.7. The Bertz CT molecular complexity index is 328. The lowest BCUT2D eigenvalue weighted by Gasteiger charge is -2.11. The van der Waals surface area contributed by atoms with Crippen molar-refractivity contribution in [3.63, 3.8) is 0 Å². The first-order chi connectivity index (χ1) is 6.36. The third-order valence-electron chi connectivity index (χ3n) is 1.53. The second-order valence-corrected chi connectivity index (χ2v) is 3.73. The van der Waals surface area contributed by atoms with E-state index in [1.807, 2.05) is 0 Å². The molecule has 0 saturated carbocycles. The predicted octanol–water partition coefficient (Wildman–Crippen LogP) is 4.13. The quantitative estimate of drug-likeness (QED) is 0.755. The van der Waals surface area contributed by atoms with Crippen LogP contribution in [-0.2, 0) is 6.18 Å². The van der Waals surface area contributed by atoms with Crippen LogP contribution in [0.1, 0.15) is 5.56 Å². The van der Waals surface area contributed by atoms with Gasteiger partial charge in [-0.05, 0) is 28.1 Å². The van der Waals surface area contributed by atoms with E-state index < -0.39 is 11.7 Å². The minimum atomic E-state index is -4.40. The lowest BCUT2D eigenvalue weighted by atomic mass is 10.2. The van der Waals surface area contributed by atoms with E-state index >= 15 is 0 Å². The molecule has 1 aromatic rings. The SMILES string of the molecule is COc1c(Cl)cc(C(F)(F)F)cc1Br. The average Bonchev–Trinajstić information content (AvgIpc) is 2.01. The van der Waals surface area contributed by atoms with Gasteiger partial charge in [-0.25, -0.2) is 0 Å².